The highest BCUT2D eigenvalue weighted by Gasteiger charge is 2.15. The predicted octanol–water partition coefficient (Wildman–Crippen LogP) is 5.24. The zero-order valence-electron chi connectivity index (χ0n) is 16.1. The van der Waals surface area contributed by atoms with E-state index in [1.807, 2.05) is 54.6 Å². The summed E-state index contributed by atoms with van der Waals surface area (Å²) in [4.78, 5) is 14.9. The number of hydrogen-bond acceptors (Lipinski definition) is 3. The van der Waals surface area contributed by atoms with Crippen LogP contribution >= 0.6 is 0 Å². The molecule has 3 aromatic carbocycles. The molecule has 4 nitrogen and oxygen atoms in total. The van der Waals surface area contributed by atoms with Crippen molar-refractivity contribution in [2.75, 3.05) is 29.9 Å². The number of benzene rings is 3. The van der Waals surface area contributed by atoms with E-state index in [9.17, 15) is 4.79 Å². The molecule has 1 N–H and O–H groups in total. The van der Waals surface area contributed by atoms with Crippen LogP contribution in [0.2, 0.25) is 0 Å². The van der Waals surface area contributed by atoms with Crippen molar-refractivity contribution in [2.45, 2.75) is 25.7 Å². The summed E-state index contributed by atoms with van der Waals surface area (Å²) >= 11 is 0. The minimum Gasteiger partial charge on any atom is -0.484 e. The number of nitrogens with zero attached hydrogens (tertiary/aromatic N) is 1. The van der Waals surface area contributed by atoms with Crippen molar-refractivity contribution in [3.05, 3.63) is 66.7 Å². The summed E-state index contributed by atoms with van der Waals surface area (Å²) < 4.78 is 5.73. The second-order valence-electron chi connectivity index (χ2n) is 7.26. The van der Waals surface area contributed by atoms with Gasteiger partial charge in [0.15, 0.2) is 6.61 Å². The lowest BCUT2D eigenvalue weighted by Gasteiger charge is -2.25. The lowest BCUT2D eigenvalue weighted by Crippen LogP contribution is -2.27. The normalized spacial score (nSPS) is 14.5. The van der Waals surface area contributed by atoms with E-state index in [0.717, 1.165) is 35.2 Å². The van der Waals surface area contributed by atoms with Crippen LogP contribution in [-0.4, -0.2) is 25.6 Å². The highest BCUT2D eigenvalue weighted by Crippen LogP contribution is 2.28. The van der Waals surface area contributed by atoms with Gasteiger partial charge in [0.25, 0.3) is 5.91 Å². The van der Waals surface area contributed by atoms with E-state index < -0.39 is 0 Å². The molecule has 0 atom stereocenters. The summed E-state index contributed by atoms with van der Waals surface area (Å²) in [5.74, 6) is 0.560. The van der Waals surface area contributed by atoms with Gasteiger partial charge in [-0.15, -0.1) is 0 Å². The summed E-state index contributed by atoms with van der Waals surface area (Å²) in [5.41, 5.74) is 1.96. The van der Waals surface area contributed by atoms with Gasteiger partial charge in [0.2, 0.25) is 0 Å². The molecular formula is C24H26N2O2. The molecule has 0 spiro atoms. The van der Waals surface area contributed by atoms with E-state index >= 15 is 0 Å². The molecule has 28 heavy (non-hydrogen) atoms. The van der Waals surface area contributed by atoms with Gasteiger partial charge < -0.3 is 15.0 Å². The number of fused-ring (bicyclic) bond motifs is 1. The first-order valence-corrected chi connectivity index (χ1v) is 10.0. The van der Waals surface area contributed by atoms with E-state index in [0.29, 0.717) is 5.75 Å². The number of ether oxygens (including phenoxy) is 1. The maximum Gasteiger partial charge on any atom is 0.262 e. The standard InChI is InChI=1S/C24H26N2O2/c27-24(18-28-21-14-13-19-9-3-4-10-20(19)17-21)25-22-11-5-6-12-23(22)26-15-7-1-2-8-16-26/h3-6,9-14,17H,1-2,7-8,15-16,18H2,(H,25,27). The van der Waals surface area contributed by atoms with Crippen LogP contribution in [0.15, 0.2) is 66.7 Å². The molecule has 1 amide bonds. The zero-order valence-corrected chi connectivity index (χ0v) is 16.1. The Balaban J connectivity index is 1.40. The molecule has 0 bridgehead atoms. The van der Waals surface area contributed by atoms with Gasteiger partial charge in [-0.05, 0) is 47.9 Å². The number of anilines is 2. The summed E-state index contributed by atoms with van der Waals surface area (Å²) in [6, 6.07) is 22.0. The van der Waals surface area contributed by atoms with Crippen molar-refractivity contribution in [2.24, 2.45) is 0 Å². The third kappa shape index (κ3) is 4.45. The van der Waals surface area contributed by atoms with Gasteiger partial charge in [-0.2, -0.15) is 0 Å². The second kappa shape index (κ2) is 8.79. The van der Waals surface area contributed by atoms with Crippen molar-refractivity contribution >= 4 is 28.1 Å². The van der Waals surface area contributed by atoms with Crippen LogP contribution in [0.1, 0.15) is 25.7 Å². The number of hydrogen-bond donors (Lipinski definition) is 1. The van der Waals surface area contributed by atoms with Gasteiger partial charge in [0.05, 0.1) is 11.4 Å². The van der Waals surface area contributed by atoms with Crippen LogP contribution in [0.25, 0.3) is 10.8 Å². The monoisotopic (exact) mass is 374 g/mol. The summed E-state index contributed by atoms with van der Waals surface area (Å²) in [6.45, 7) is 2.08. The Morgan fingerprint density at radius 3 is 2.39 bits per heavy atom. The molecule has 1 aliphatic heterocycles. The molecule has 1 heterocycles. The largest absolute Gasteiger partial charge is 0.484 e. The minimum absolute atomic E-state index is 0.00727. The van der Waals surface area contributed by atoms with Crippen molar-refractivity contribution in [1.29, 1.82) is 0 Å². The quantitative estimate of drug-likeness (QED) is 0.664. The number of carbonyl (C=O) groups excluding carboxylic acids is 1. The van der Waals surface area contributed by atoms with Crippen molar-refractivity contribution in [3.8, 4) is 5.75 Å². The molecular weight excluding hydrogens is 348 g/mol. The van der Waals surface area contributed by atoms with E-state index in [1.54, 1.807) is 0 Å². The van der Waals surface area contributed by atoms with Crippen molar-refractivity contribution < 1.29 is 9.53 Å². The third-order valence-electron chi connectivity index (χ3n) is 5.22. The average molecular weight is 374 g/mol. The first kappa shape index (κ1) is 18.4. The van der Waals surface area contributed by atoms with Gasteiger partial charge >= 0.3 is 0 Å². The average Bonchev–Trinajstić information content (AvgIpc) is 3.02. The Morgan fingerprint density at radius 2 is 1.57 bits per heavy atom. The molecule has 3 aromatic rings. The van der Waals surface area contributed by atoms with Crippen LogP contribution < -0.4 is 15.0 Å². The maximum absolute atomic E-state index is 12.5. The Hall–Kier alpha value is -3.01. The van der Waals surface area contributed by atoms with Crippen LogP contribution in [0.4, 0.5) is 11.4 Å². The molecule has 0 unspecified atom stereocenters. The van der Waals surface area contributed by atoms with Crippen LogP contribution in [-0.2, 0) is 4.79 Å². The Morgan fingerprint density at radius 1 is 0.857 bits per heavy atom. The van der Waals surface area contributed by atoms with E-state index in [1.165, 1.54) is 25.7 Å². The number of amides is 1. The van der Waals surface area contributed by atoms with E-state index in [2.05, 4.69) is 22.3 Å². The van der Waals surface area contributed by atoms with Crippen LogP contribution in [0.5, 0.6) is 5.75 Å². The van der Waals surface area contributed by atoms with E-state index in [-0.39, 0.29) is 12.5 Å². The fourth-order valence-electron chi connectivity index (χ4n) is 3.76. The summed E-state index contributed by atoms with van der Waals surface area (Å²) in [7, 11) is 0. The number of carbonyl (C=O) groups is 1. The van der Waals surface area contributed by atoms with Crippen LogP contribution in [0, 0.1) is 0 Å². The Bertz CT molecular complexity index is 946. The first-order valence-electron chi connectivity index (χ1n) is 10.0. The maximum atomic E-state index is 12.5. The zero-order chi connectivity index (χ0) is 19.2. The van der Waals surface area contributed by atoms with Crippen molar-refractivity contribution in [1.82, 2.24) is 0 Å². The molecule has 0 aliphatic carbocycles. The SMILES string of the molecule is O=C(COc1ccc2ccccc2c1)Nc1ccccc1N1CCCCCC1. The lowest BCUT2D eigenvalue weighted by molar-refractivity contribution is -0.118. The van der Waals surface area contributed by atoms with Gasteiger partial charge in [-0.25, -0.2) is 0 Å². The predicted molar refractivity (Wildman–Crippen MR) is 115 cm³/mol. The molecule has 0 saturated carbocycles. The van der Waals surface area contributed by atoms with Gasteiger partial charge in [0, 0.05) is 13.1 Å². The second-order valence-corrected chi connectivity index (χ2v) is 7.26. The first-order chi connectivity index (χ1) is 13.8. The van der Waals surface area contributed by atoms with Crippen LogP contribution in [0.3, 0.4) is 0 Å². The highest BCUT2D eigenvalue weighted by atomic mass is 16.5. The minimum atomic E-state index is -0.143. The molecule has 1 saturated heterocycles. The molecule has 0 radical (unpaired) electrons. The molecule has 1 fully saturated rings. The Labute approximate surface area is 166 Å². The lowest BCUT2D eigenvalue weighted by atomic mass is 10.1. The molecule has 1 aliphatic rings. The smallest absolute Gasteiger partial charge is 0.262 e. The summed E-state index contributed by atoms with van der Waals surface area (Å²) in [6.07, 6.45) is 4.97. The fourth-order valence-corrected chi connectivity index (χ4v) is 3.76. The summed E-state index contributed by atoms with van der Waals surface area (Å²) in [5, 5.41) is 5.29. The van der Waals surface area contributed by atoms with Crippen molar-refractivity contribution in [3.63, 3.8) is 0 Å². The van der Waals surface area contributed by atoms with E-state index in [4.69, 9.17) is 4.74 Å². The fraction of sp³-hybridized carbons (Fsp3) is 0.292. The molecule has 0 aromatic heterocycles. The third-order valence-corrected chi connectivity index (χ3v) is 5.22. The van der Waals surface area contributed by atoms with Gasteiger partial charge in [-0.3, -0.25) is 4.79 Å². The Kier molecular flexibility index (Phi) is 5.76. The van der Waals surface area contributed by atoms with Gasteiger partial charge in [0.1, 0.15) is 5.75 Å². The molecule has 4 rings (SSSR count). The number of nitrogens with one attached hydrogen (secondary N) is 1. The topological polar surface area (TPSA) is 41.6 Å². The van der Waals surface area contributed by atoms with Gasteiger partial charge in [-0.1, -0.05) is 55.3 Å². The molecule has 4 heteroatoms. The number of para-hydroxylation sites is 2. The molecule has 144 valence electrons. The number of rotatable bonds is 5. The highest BCUT2D eigenvalue weighted by molar-refractivity contribution is 5.95.